The van der Waals surface area contributed by atoms with Crippen LogP contribution in [0.15, 0.2) is 24.3 Å². The molecule has 1 N–H and O–H groups in total. The van der Waals surface area contributed by atoms with Crippen LogP contribution in [0.25, 0.3) is 0 Å². The molecule has 1 saturated carbocycles. The van der Waals surface area contributed by atoms with Gasteiger partial charge in [-0.3, -0.25) is 0 Å². The van der Waals surface area contributed by atoms with Gasteiger partial charge in [0.15, 0.2) is 0 Å². The molecule has 20 heavy (non-hydrogen) atoms. The van der Waals surface area contributed by atoms with Crippen molar-refractivity contribution < 1.29 is 9.13 Å². The maximum Gasteiger partial charge on any atom is 0.123 e. The molecule has 0 amide bonds. The molecule has 1 aromatic carbocycles. The smallest absolute Gasteiger partial charge is 0.123 e. The van der Waals surface area contributed by atoms with Crippen LogP contribution in [0.1, 0.15) is 44.6 Å². The minimum atomic E-state index is -0.125. The number of rotatable bonds is 7. The van der Waals surface area contributed by atoms with Crippen molar-refractivity contribution in [3.8, 4) is 0 Å². The zero-order valence-electron chi connectivity index (χ0n) is 12.8. The minimum absolute atomic E-state index is 0.125. The largest absolute Gasteiger partial charge is 0.385 e. The van der Waals surface area contributed by atoms with Crippen molar-refractivity contribution >= 4 is 0 Å². The summed E-state index contributed by atoms with van der Waals surface area (Å²) in [4.78, 5) is 0. The fourth-order valence-corrected chi connectivity index (χ4v) is 2.70. The molecule has 2 nitrogen and oxygen atoms in total. The first kappa shape index (κ1) is 15.5. The van der Waals surface area contributed by atoms with E-state index in [9.17, 15) is 4.39 Å². The molecule has 1 aliphatic carbocycles. The van der Waals surface area contributed by atoms with E-state index in [2.05, 4.69) is 19.2 Å². The molecule has 0 aliphatic heterocycles. The Balaban J connectivity index is 1.72. The van der Waals surface area contributed by atoms with Crippen LogP contribution in [0, 0.1) is 11.2 Å². The van der Waals surface area contributed by atoms with Gasteiger partial charge in [-0.1, -0.05) is 26.0 Å². The summed E-state index contributed by atoms with van der Waals surface area (Å²) in [6, 6.07) is 7.59. The molecule has 112 valence electrons. The molecule has 1 fully saturated rings. The third kappa shape index (κ3) is 4.29. The summed E-state index contributed by atoms with van der Waals surface area (Å²) in [5.41, 5.74) is 1.40. The number of hydrogen-bond acceptors (Lipinski definition) is 2. The van der Waals surface area contributed by atoms with Crippen molar-refractivity contribution in [2.45, 2.75) is 45.1 Å². The molecule has 0 heterocycles. The Labute approximate surface area is 121 Å². The number of halogens is 1. The van der Waals surface area contributed by atoms with E-state index in [4.69, 9.17) is 4.74 Å². The van der Waals surface area contributed by atoms with E-state index >= 15 is 0 Å². The lowest BCUT2D eigenvalue weighted by molar-refractivity contribution is 0.144. The molecule has 0 unspecified atom stereocenters. The van der Waals surface area contributed by atoms with Crippen LogP contribution in [-0.2, 0) is 4.74 Å². The molecule has 1 aliphatic rings. The third-order valence-corrected chi connectivity index (χ3v) is 4.31. The second-order valence-corrected chi connectivity index (χ2v) is 6.71. The molecule has 0 radical (unpaired) electrons. The van der Waals surface area contributed by atoms with Gasteiger partial charge in [0.2, 0.25) is 0 Å². The van der Waals surface area contributed by atoms with Gasteiger partial charge in [0.25, 0.3) is 0 Å². The third-order valence-electron chi connectivity index (χ3n) is 4.31. The molecular weight excluding hydrogens is 253 g/mol. The van der Waals surface area contributed by atoms with Gasteiger partial charge >= 0.3 is 0 Å². The summed E-state index contributed by atoms with van der Waals surface area (Å²) >= 11 is 0. The van der Waals surface area contributed by atoms with Gasteiger partial charge in [-0.25, -0.2) is 4.39 Å². The fraction of sp³-hybridized carbons (Fsp3) is 0.647. The van der Waals surface area contributed by atoms with E-state index in [-0.39, 0.29) is 11.2 Å². The SMILES string of the molecule is COCCC(C)(C)CNC1CC(c2cccc(F)c2)C1. The monoisotopic (exact) mass is 279 g/mol. The van der Waals surface area contributed by atoms with Crippen LogP contribution in [0.3, 0.4) is 0 Å². The highest BCUT2D eigenvalue weighted by atomic mass is 19.1. The van der Waals surface area contributed by atoms with Crippen LogP contribution >= 0.6 is 0 Å². The predicted octanol–water partition coefficient (Wildman–Crippen LogP) is 3.72. The molecule has 0 aromatic heterocycles. The van der Waals surface area contributed by atoms with E-state index in [1.165, 1.54) is 6.07 Å². The topological polar surface area (TPSA) is 21.3 Å². The summed E-state index contributed by atoms with van der Waals surface area (Å²) in [6.07, 6.45) is 3.30. The first-order valence-electron chi connectivity index (χ1n) is 7.48. The van der Waals surface area contributed by atoms with Crippen molar-refractivity contribution in [1.82, 2.24) is 5.32 Å². The average molecular weight is 279 g/mol. The Kier molecular flexibility index (Phi) is 5.17. The molecule has 0 saturated heterocycles. The van der Waals surface area contributed by atoms with E-state index in [1.807, 2.05) is 6.07 Å². The minimum Gasteiger partial charge on any atom is -0.385 e. The van der Waals surface area contributed by atoms with Crippen molar-refractivity contribution in [2.75, 3.05) is 20.3 Å². The van der Waals surface area contributed by atoms with Crippen LogP contribution in [0.4, 0.5) is 4.39 Å². The second-order valence-electron chi connectivity index (χ2n) is 6.71. The second kappa shape index (κ2) is 6.68. The summed E-state index contributed by atoms with van der Waals surface area (Å²) in [5.74, 6) is 0.393. The first-order valence-corrected chi connectivity index (χ1v) is 7.48. The Bertz CT molecular complexity index is 427. The molecule has 0 spiro atoms. The number of benzene rings is 1. The van der Waals surface area contributed by atoms with Crippen molar-refractivity contribution in [2.24, 2.45) is 5.41 Å². The summed E-state index contributed by atoms with van der Waals surface area (Å²) in [6.45, 7) is 6.35. The quantitative estimate of drug-likeness (QED) is 0.821. The van der Waals surface area contributed by atoms with Gasteiger partial charge in [-0.15, -0.1) is 0 Å². The van der Waals surface area contributed by atoms with Crippen LogP contribution in [0.5, 0.6) is 0 Å². The highest BCUT2D eigenvalue weighted by Crippen LogP contribution is 2.37. The number of hydrogen-bond donors (Lipinski definition) is 1. The Morgan fingerprint density at radius 1 is 1.35 bits per heavy atom. The fourth-order valence-electron chi connectivity index (χ4n) is 2.70. The molecule has 3 heteroatoms. The van der Waals surface area contributed by atoms with Gasteiger partial charge in [-0.05, 0) is 48.3 Å². The summed E-state index contributed by atoms with van der Waals surface area (Å²) in [7, 11) is 1.75. The van der Waals surface area contributed by atoms with E-state index in [1.54, 1.807) is 19.2 Å². The Hall–Kier alpha value is -0.930. The average Bonchev–Trinajstić information content (AvgIpc) is 2.34. The Morgan fingerprint density at radius 3 is 2.75 bits per heavy atom. The maximum atomic E-state index is 13.2. The Morgan fingerprint density at radius 2 is 2.10 bits per heavy atom. The molecule has 0 bridgehead atoms. The van der Waals surface area contributed by atoms with E-state index in [0.29, 0.717) is 12.0 Å². The van der Waals surface area contributed by atoms with Gasteiger partial charge in [0, 0.05) is 26.3 Å². The highest BCUT2D eigenvalue weighted by Gasteiger charge is 2.31. The van der Waals surface area contributed by atoms with Crippen LogP contribution in [-0.4, -0.2) is 26.3 Å². The van der Waals surface area contributed by atoms with Gasteiger partial charge in [0.05, 0.1) is 0 Å². The molecule has 2 rings (SSSR count). The zero-order valence-corrected chi connectivity index (χ0v) is 12.8. The molecular formula is C17H26FNO. The normalized spacial score (nSPS) is 22.6. The lowest BCUT2D eigenvalue weighted by Crippen LogP contribution is -2.44. The highest BCUT2D eigenvalue weighted by molar-refractivity contribution is 5.23. The predicted molar refractivity (Wildman–Crippen MR) is 80.4 cm³/mol. The van der Waals surface area contributed by atoms with Crippen LogP contribution in [0.2, 0.25) is 0 Å². The van der Waals surface area contributed by atoms with Crippen molar-refractivity contribution in [3.63, 3.8) is 0 Å². The lowest BCUT2D eigenvalue weighted by atomic mass is 9.75. The number of ether oxygens (including phenoxy) is 1. The van der Waals surface area contributed by atoms with Crippen LogP contribution < -0.4 is 5.32 Å². The van der Waals surface area contributed by atoms with Crippen molar-refractivity contribution in [3.05, 3.63) is 35.6 Å². The van der Waals surface area contributed by atoms with Gasteiger partial charge < -0.3 is 10.1 Å². The zero-order chi connectivity index (χ0) is 14.6. The van der Waals surface area contributed by atoms with Gasteiger partial charge in [0.1, 0.15) is 5.82 Å². The summed E-state index contributed by atoms with van der Waals surface area (Å²) in [5, 5.41) is 3.63. The van der Waals surface area contributed by atoms with Crippen molar-refractivity contribution in [1.29, 1.82) is 0 Å². The van der Waals surface area contributed by atoms with Gasteiger partial charge in [-0.2, -0.15) is 0 Å². The molecule has 1 aromatic rings. The maximum absolute atomic E-state index is 13.2. The lowest BCUT2D eigenvalue weighted by Gasteiger charge is -2.38. The first-order chi connectivity index (χ1) is 9.50. The standard InChI is InChI=1S/C17H26FNO/c1-17(2,7-8-20-3)12-19-16-10-14(11-16)13-5-4-6-15(18)9-13/h4-6,9,14,16,19H,7-8,10-12H2,1-3H3. The molecule has 0 atom stereocenters. The number of nitrogens with one attached hydrogen (secondary N) is 1. The summed E-state index contributed by atoms with van der Waals surface area (Å²) < 4.78 is 18.3. The number of methoxy groups -OCH3 is 1. The van der Waals surface area contributed by atoms with E-state index < -0.39 is 0 Å². The van der Waals surface area contributed by atoms with E-state index in [0.717, 1.165) is 38.0 Å².